The highest BCUT2D eigenvalue weighted by Crippen LogP contribution is 2.29. The van der Waals surface area contributed by atoms with Gasteiger partial charge in [0.15, 0.2) is 5.16 Å². The minimum absolute atomic E-state index is 0.0913. The smallest absolute Gasteiger partial charge is 0.234 e. The minimum Gasteiger partial charge on any atom is -0.497 e. The van der Waals surface area contributed by atoms with E-state index in [2.05, 4.69) is 56.2 Å². The number of nitrogens with zero attached hydrogens (tertiary/aromatic N) is 4. The summed E-state index contributed by atoms with van der Waals surface area (Å²) >= 11 is 1.39. The van der Waals surface area contributed by atoms with E-state index in [0.29, 0.717) is 5.16 Å². The van der Waals surface area contributed by atoms with Crippen LogP contribution in [0.2, 0.25) is 0 Å². The summed E-state index contributed by atoms with van der Waals surface area (Å²) in [5, 5.41) is 12.5. The summed E-state index contributed by atoms with van der Waals surface area (Å²) in [5.74, 6) is 1.75. The Labute approximate surface area is 180 Å². The van der Waals surface area contributed by atoms with Crippen molar-refractivity contribution >= 4 is 29.3 Å². The van der Waals surface area contributed by atoms with E-state index >= 15 is 0 Å². The van der Waals surface area contributed by atoms with Gasteiger partial charge < -0.3 is 15.0 Å². The number of nitrogens with one attached hydrogen (secondary N) is 1. The molecule has 2 aromatic carbocycles. The first kappa shape index (κ1) is 20.3. The lowest BCUT2D eigenvalue weighted by Gasteiger charge is -2.18. The predicted molar refractivity (Wildman–Crippen MR) is 120 cm³/mol. The SMILES string of the molecule is COc1ccc(NC(=O)CSc2nnc(N3CCCC3)n2-c2ccc(C)cc2)cc1. The van der Waals surface area contributed by atoms with Crippen LogP contribution in [-0.2, 0) is 4.79 Å². The number of aryl methyl sites for hydroxylation is 1. The minimum atomic E-state index is -0.0913. The van der Waals surface area contributed by atoms with Crippen molar-refractivity contribution in [3.63, 3.8) is 0 Å². The number of carbonyl (C=O) groups excluding carboxylic acids is 1. The Kier molecular flexibility index (Phi) is 6.23. The maximum atomic E-state index is 12.5. The molecule has 0 bridgehead atoms. The van der Waals surface area contributed by atoms with Gasteiger partial charge in [0.05, 0.1) is 18.6 Å². The van der Waals surface area contributed by atoms with Gasteiger partial charge in [0, 0.05) is 18.8 Å². The van der Waals surface area contributed by atoms with E-state index in [1.54, 1.807) is 7.11 Å². The van der Waals surface area contributed by atoms with E-state index in [-0.39, 0.29) is 11.7 Å². The van der Waals surface area contributed by atoms with Gasteiger partial charge >= 0.3 is 0 Å². The maximum Gasteiger partial charge on any atom is 0.234 e. The highest BCUT2D eigenvalue weighted by atomic mass is 32.2. The number of rotatable bonds is 7. The van der Waals surface area contributed by atoms with Gasteiger partial charge in [0.25, 0.3) is 0 Å². The van der Waals surface area contributed by atoms with Crippen LogP contribution in [0.1, 0.15) is 18.4 Å². The van der Waals surface area contributed by atoms with E-state index in [0.717, 1.165) is 49.0 Å². The second kappa shape index (κ2) is 9.21. The van der Waals surface area contributed by atoms with Gasteiger partial charge in [0.1, 0.15) is 5.75 Å². The number of anilines is 2. The Morgan fingerprint density at radius 3 is 2.43 bits per heavy atom. The third kappa shape index (κ3) is 4.59. The summed E-state index contributed by atoms with van der Waals surface area (Å²) in [6, 6.07) is 15.6. The Morgan fingerprint density at radius 1 is 1.07 bits per heavy atom. The normalized spacial score (nSPS) is 13.5. The summed E-state index contributed by atoms with van der Waals surface area (Å²) < 4.78 is 7.20. The molecule has 1 aromatic heterocycles. The molecular formula is C22H25N5O2S. The van der Waals surface area contributed by atoms with E-state index in [4.69, 9.17) is 4.74 Å². The molecule has 2 heterocycles. The van der Waals surface area contributed by atoms with Crippen LogP contribution in [0.15, 0.2) is 53.7 Å². The van der Waals surface area contributed by atoms with E-state index in [1.807, 2.05) is 24.3 Å². The molecule has 8 heteroatoms. The van der Waals surface area contributed by atoms with Crippen LogP contribution in [0.3, 0.4) is 0 Å². The fraction of sp³-hybridized carbons (Fsp3) is 0.318. The average Bonchev–Trinajstić information content (AvgIpc) is 3.43. The summed E-state index contributed by atoms with van der Waals surface area (Å²) in [6.45, 7) is 4.02. The molecule has 0 saturated carbocycles. The molecule has 0 aliphatic carbocycles. The van der Waals surface area contributed by atoms with Crippen LogP contribution in [0.25, 0.3) is 5.69 Å². The third-order valence-electron chi connectivity index (χ3n) is 5.00. The first-order chi connectivity index (χ1) is 14.6. The fourth-order valence-electron chi connectivity index (χ4n) is 3.40. The average molecular weight is 424 g/mol. The van der Waals surface area contributed by atoms with Crippen molar-refractivity contribution in [3.05, 3.63) is 54.1 Å². The molecule has 1 aliphatic rings. The number of hydrogen-bond donors (Lipinski definition) is 1. The zero-order chi connectivity index (χ0) is 20.9. The first-order valence-corrected chi connectivity index (χ1v) is 11.0. The number of thioether (sulfide) groups is 1. The molecule has 1 amide bonds. The largest absolute Gasteiger partial charge is 0.497 e. The van der Waals surface area contributed by atoms with Gasteiger partial charge in [-0.05, 0) is 56.2 Å². The second-order valence-electron chi connectivity index (χ2n) is 7.21. The van der Waals surface area contributed by atoms with Crippen LogP contribution in [0.5, 0.6) is 5.75 Å². The summed E-state index contributed by atoms with van der Waals surface area (Å²) in [5.41, 5.74) is 2.94. The molecule has 7 nitrogen and oxygen atoms in total. The number of amides is 1. The van der Waals surface area contributed by atoms with Gasteiger partial charge in [-0.1, -0.05) is 29.5 Å². The van der Waals surface area contributed by atoms with E-state index in [1.165, 1.54) is 17.3 Å². The molecule has 1 N–H and O–H groups in total. The second-order valence-corrected chi connectivity index (χ2v) is 8.16. The number of ether oxygens (including phenoxy) is 1. The molecule has 0 spiro atoms. The van der Waals surface area contributed by atoms with Crippen LogP contribution in [0, 0.1) is 6.92 Å². The van der Waals surface area contributed by atoms with Gasteiger partial charge in [-0.3, -0.25) is 9.36 Å². The molecule has 0 atom stereocenters. The van der Waals surface area contributed by atoms with Crippen LogP contribution < -0.4 is 15.0 Å². The van der Waals surface area contributed by atoms with Crippen molar-refractivity contribution in [1.29, 1.82) is 0 Å². The van der Waals surface area contributed by atoms with Crippen molar-refractivity contribution in [3.8, 4) is 11.4 Å². The first-order valence-electron chi connectivity index (χ1n) is 9.98. The number of carbonyl (C=O) groups is 1. The molecular weight excluding hydrogens is 398 g/mol. The fourth-order valence-corrected chi connectivity index (χ4v) is 4.15. The number of methoxy groups -OCH3 is 1. The van der Waals surface area contributed by atoms with Crippen LogP contribution in [0.4, 0.5) is 11.6 Å². The van der Waals surface area contributed by atoms with Crippen molar-refractivity contribution in [2.75, 3.05) is 36.2 Å². The van der Waals surface area contributed by atoms with Crippen LogP contribution in [-0.4, -0.2) is 46.6 Å². The molecule has 1 fully saturated rings. The lowest BCUT2D eigenvalue weighted by atomic mass is 10.2. The van der Waals surface area contributed by atoms with Gasteiger partial charge in [-0.15, -0.1) is 10.2 Å². The zero-order valence-electron chi connectivity index (χ0n) is 17.2. The van der Waals surface area contributed by atoms with Gasteiger partial charge in [-0.25, -0.2) is 0 Å². The lowest BCUT2D eigenvalue weighted by molar-refractivity contribution is -0.113. The van der Waals surface area contributed by atoms with Crippen LogP contribution >= 0.6 is 11.8 Å². The molecule has 3 aromatic rings. The molecule has 0 unspecified atom stereocenters. The van der Waals surface area contributed by atoms with Gasteiger partial charge in [-0.2, -0.15) is 0 Å². The molecule has 1 saturated heterocycles. The van der Waals surface area contributed by atoms with Crippen molar-refractivity contribution in [2.45, 2.75) is 24.9 Å². The molecule has 0 radical (unpaired) electrons. The monoisotopic (exact) mass is 423 g/mol. The summed E-state index contributed by atoms with van der Waals surface area (Å²) in [4.78, 5) is 14.7. The molecule has 1 aliphatic heterocycles. The molecule has 156 valence electrons. The summed E-state index contributed by atoms with van der Waals surface area (Å²) in [6.07, 6.45) is 2.32. The summed E-state index contributed by atoms with van der Waals surface area (Å²) in [7, 11) is 1.62. The Bertz CT molecular complexity index is 995. The lowest BCUT2D eigenvalue weighted by Crippen LogP contribution is -2.22. The third-order valence-corrected chi connectivity index (χ3v) is 5.93. The number of hydrogen-bond acceptors (Lipinski definition) is 6. The molecule has 30 heavy (non-hydrogen) atoms. The van der Waals surface area contributed by atoms with Crippen molar-refractivity contribution in [2.24, 2.45) is 0 Å². The Morgan fingerprint density at radius 2 is 1.77 bits per heavy atom. The topological polar surface area (TPSA) is 72.3 Å². The van der Waals surface area contributed by atoms with E-state index in [9.17, 15) is 4.79 Å². The van der Waals surface area contributed by atoms with E-state index < -0.39 is 0 Å². The highest BCUT2D eigenvalue weighted by molar-refractivity contribution is 7.99. The maximum absolute atomic E-state index is 12.5. The van der Waals surface area contributed by atoms with Crippen molar-refractivity contribution in [1.82, 2.24) is 14.8 Å². The Balaban J connectivity index is 1.50. The standard InChI is InChI=1S/C22H25N5O2S/c1-16-5-9-18(10-6-16)27-21(26-13-3-4-14-26)24-25-22(27)30-15-20(28)23-17-7-11-19(29-2)12-8-17/h5-12H,3-4,13-15H2,1-2H3,(H,23,28). The van der Waals surface area contributed by atoms with Gasteiger partial charge in [0.2, 0.25) is 11.9 Å². The highest BCUT2D eigenvalue weighted by Gasteiger charge is 2.22. The molecule has 4 rings (SSSR count). The quantitative estimate of drug-likeness (QED) is 0.581. The number of benzene rings is 2. The van der Waals surface area contributed by atoms with Crippen molar-refractivity contribution < 1.29 is 9.53 Å². The predicted octanol–water partition coefficient (Wildman–Crippen LogP) is 3.92. The Hall–Kier alpha value is -3.00. The zero-order valence-corrected chi connectivity index (χ0v) is 18.0. The number of aromatic nitrogens is 3.